The van der Waals surface area contributed by atoms with Gasteiger partial charge in [-0.2, -0.15) is 0 Å². The first-order valence-corrected chi connectivity index (χ1v) is 7.25. The molecule has 1 saturated heterocycles. The van der Waals surface area contributed by atoms with E-state index in [1.165, 1.54) is 25.9 Å². The van der Waals surface area contributed by atoms with Crippen molar-refractivity contribution in [3.8, 4) is 0 Å². The van der Waals surface area contributed by atoms with Crippen molar-refractivity contribution >= 4 is 0 Å². The van der Waals surface area contributed by atoms with Crippen molar-refractivity contribution in [3.05, 3.63) is 0 Å². The molecular weight excluding hydrogens is 212 g/mol. The molecule has 0 spiro atoms. The van der Waals surface area contributed by atoms with E-state index < -0.39 is 0 Å². The summed E-state index contributed by atoms with van der Waals surface area (Å²) in [5, 5.41) is 3.56. The Morgan fingerprint density at radius 1 is 1.29 bits per heavy atom. The number of hydrogen-bond donors (Lipinski definition) is 1. The fraction of sp³-hybridized carbons (Fsp3) is 1.00. The van der Waals surface area contributed by atoms with Crippen molar-refractivity contribution in [2.75, 3.05) is 32.8 Å². The fourth-order valence-electron chi connectivity index (χ4n) is 2.85. The minimum absolute atomic E-state index is 0.577. The van der Waals surface area contributed by atoms with Gasteiger partial charge in [-0.15, -0.1) is 0 Å². The number of nitrogens with one attached hydrogen (secondary N) is 1. The maximum absolute atomic E-state index is 5.64. The van der Waals surface area contributed by atoms with Crippen LogP contribution in [-0.4, -0.2) is 49.8 Å². The van der Waals surface area contributed by atoms with E-state index in [2.05, 4.69) is 31.0 Å². The minimum atomic E-state index is 0.577. The van der Waals surface area contributed by atoms with Crippen molar-refractivity contribution in [2.24, 2.45) is 11.8 Å². The standard InChI is InChI=1S/C14H28N2O/c1-4-15-14-10-17-9-12(14)8-16(7-11(2)3)13-5-6-13/h11-15H,4-10H2,1-3H3. The van der Waals surface area contributed by atoms with Crippen LogP contribution in [0.25, 0.3) is 0 Å². The Hall–Kier alpha value is -0.120. The summed E-state index contributed by atoms with van der Waals surface area (Å²) in [4.78, 5) is 2.70. The average Bonchev–Trinajstić information content (AvgIpc) is 3.02. The molecule has 2 unspecified atom stereocenters. The van der Waals surface area contributed by atoms with Gasteiger partial charge in [0.1, 0.15) is 0 Å². The second kappa shape index (κ2) is 6.17. The monoisotopic (exact) mass is 240 g/mol. The molecule has 0 amide bonds. The first-order chi connectivity index (χ1) is 8.20. The zero-order valence-corrected chi connectivity index (χ0v) is 11.6. The number of likely N-dealkylation sites (N-methyl/N-ethyl adjacent to an activating group) is 1. The summed E-state index contributed by atoms with van der Waals surface area (Å²) < 4.78 is 5.64. The Kier molecular flexibility index (Phi) is 4.83. The van der Waals surface area contributed by atoms with Gasteiger partial charge in [0, 0.05) is 31.1 Å². The third kappa shape index (κ3) is 3.94. The maximum atomic E-state index is 5.64. The van der Waals surface area contributed by atoms with Gasteiger partial charge < -0.3 is 10.1 Å². The van der Waals surface area contributed by atoms with Gasteiger partial charge in [-0.1, -0.05) is 20.8 Å². The number of ether oxygens (including phenoxy) is 1. The van der Waals surface area contributed by atoms with E-state index >= 15 is 0 Å². The number of nitrogens with zero attached hydrogens (tertiary/aromatic N) is 1. The molecule has 100 valence electrons. The van der Waals surface area contributed by atoms with Crippen molar-refractivity contribution in [1.29, 1.82) is 0 Å². The van der Waals surface area contributed by atoms with E-state index in [4.69, 9.17) is 4.74 Å². The van der Waals surface area contributed by atoms with E-state index in [1.54, 1.807) is 0 Å². The summed E-state index contributed by atoms with van der Waals surface area (Å²) in [6.45, 7) is 12.2. The molecule has 1 heterocycles. The second-order valence-electron chi connectivity index (χ2n) is 6.04. The fourth-order valence-corrected chi connectivity index (χ4v) is 2.85. The largest absolute Gasteiger partial charge is 0.379 e. The molecule has 1 saturated carbocycles. The molecule has 2 rings (SSSR count). The van der Waals surface area contributed by atoms with E-state index in [9.17, 15) is 0 Å². The van der Waals surface area contributed by atoms with Gasteiger partial charge in [-0.25, -0.2) is 0 Å². The summed E-state index contributed by atoms with van der Waals surface area (Å²) in [6, 6.07) is 1.45. The molecule has 0 bridgehead atoms. The third-order valence-electron chi connectivity index (χ3n) is 3.80. The molecule has 2 atom stereocenters. The first kappa shape index (κ1) is 13.3. The van der Waals surface area contributed by atoms with Crippen LogP contribution in [-0.2, 0) is 4.74 Å². The van der Waals surface area contributed by atoms with Crippen molar-refractivity contribution < 1.29 is 4.74 Å². The van der Waals surface area contributed by atoms with E-state index in [0.717, 1.165) is 31.7 Å². The Morgan fingerprint density at radius 3 is 2.65 bits per heavy atom. The summed E-state index contributed by atoms with van der Waals surface area (Å²) in [6.07, 6.45) is 2.82. The Balaban J connectivity index is 1.83. The smallest absolute Gasteiger partial charge is 0.0623 e. The van der Waals surface area contributed by atoms with Crippen molar-refractivity contribution in [3.63, 3.8) is 0 Å². The van der Waals surface area contributed by atoms with Gasteiger partial charge in [0.15, 0.2) is 0 Å². The molecule has 17 heavy (non-hydrogen) atoms. The molecule has 1 N–H and O–H groups in total. The predicted octanol–water partition coefficient (Wildman–Crippen LogP) is 1.73. The van der Waals surface area contributed by atoms with Crippen LogP contribution in [0.2, 0.25) is 0 Å². The van der Waals surface area contributed by atoms with Gasteiger partial charge >= 0.3 is 0 Å². The van der Waals surface area contributed by atoms with Gasteiger partial charge in [0.2, 0.25) is 0 Å². The van der Waals surface area contributed by atoms with Crippen LogP contribution in [0.1, 0.15) is 33.6 Å². The summed E-state index contributed by atoms with van der Waals surface area (Å²) in [5.74, 6) is 1.46. The average molecular weight is 240 g/mol. The maximum Gasteiger partial charge on any atom is 0.0623 e. The highest BCUT2D eigenvalue weighted by Gasteiger charge is 2.35. The molecule has 1 aliphatic heterocycles. The lowest BCUT2D eigenvalue weighted by atomic mass is 10.0. The number of hydrogen-bond acceptors (Lipinski definition) is 3. The zero-order chi connectivity index (χ0) is 12.3. The van der Waals surface area contributed by atoms with Crippen LogP contribution in [0.3, 0.4) is 0 Å². The lowest BCUT2D eigenvalue weighted by Crippen LogP contribution is -2.43. The molecule has 0 aromatic heterocycles. The third-order valence-corrected chi connectivity index (χ3v) is 3.80. The van der Waals surface area contributed by atoms with Crippen molar-refractivity contribution in [2.45, 2.75) is 45.7 Å². The highest BCUT2D eigenvalue weighted by molar-refractivity contribution is 4.90. The molecule has 2 aliphatic rings. The molecule has 0 radical (unpaired) electrons. The van der Waals surface area contributed by atoms with Crippen LogP contribution < -0.4 is 5.32 Å². The van der Waals surface area contributed by atoms with E-state index in [1.807, 2.05) is 0 Å². The topological polar surface area (TPSA) is 24.5 Å². The SMILES string of the molecule is CCNC1COCC1CN(CC(C)C)C1CC1. The summed E-state index contributed by atoms with van der Waals surface area (Å²) in [7, 11) is 0. The summed E-state index contributed by atoms with van der Waals surface area (Å²) in [5.41, 5.74) is 0. The zero-order valence-electron chi connectivity index (χ0n) is 11.6. The van der Waals surface area contributed by atoms with Crippen LogP contribution in [0.5, 0.6) is 0 Å². The molecule has 3 heteroatoms. The van der Waals surface area contributed by atoms with Gasteiger partial charge in [-0.3, -0.25) is 4.90 Å². The Labute approximate surface area is 106 Å². The summed E-state index contributed by atoms with van der Waals surface area (Å²) >= 11 is 0. The van der Waals surface area contributed by atoms with Crippen LogP contribution in [0.15, 0.2) is 0 Å². The van der Waals surface area contributed by atoms with Gasteiger partial charge in [0.25, 0.3) is 0 Å². The molecular formula is C14H28N2O. The van der Waals surface area contributed by atoms with Crippen LogP contribution in [0, 0.1) is 11.8 Å². The molecule has 0 aromatic carbocycles. The molecule has 3 nitrogen and oxygen atoms in total. The quantitative estimate of drug-likeness (QED) is 0.733. The Morgan fingerprint density at radius 2 is 2.06 bits per heavy atom. The lowest BCUT2D eigenvalue weighted by Gasteiger charge is -2.29. The van der Waals surface area contributed by atoms with Crippen LogP contribution in [0.4, 0.5) is 0 Å². The Bertz CT molecular complexity index is 228. The van der Waals surface area contributed by atoms with Gasteiger partial charge in [0.05, 0.1) is 13.2 Å². The number of rotatable bonds is 7. The minimum Gasteiger partial charge on any atom is -0.379 e. The molecule has 1 aliphatic carbocycles. The van der Waals surface area contributed by atoms with Gasteiger partial charge in [-0.05, 0) is 25.3 Å². The normalized spacial score (nSPS) is 29.5. The predicted molar refractivity (Wildman–Crippen MR) is 71.2 cm³/mol. The highest BCUT2D eigenvalue weighted by Crippen LogP contribution is 2.29. The first-order valence-electron chi connectivity index (χ1n) is 7.25. The van der Waals surface area contributed by atoms with Crippen molar-refractivity contribution in [1.82, 2.24) is 10.2 Å². The highest BCUT2D eigenvalue weighted by atomic mass is 16.5. The lowest BCUT2D eigenvalue weighted by molar-refractivity contribution is 0.157. The van der Waals surface area contributed by atoms with E-state index in [-0.39, 0.29) is 0 Å². The molecule has 2 fully saturated rings. The van der Waals surface area contributed by atoms with Crippen LogP contribution >= 0.6 is 0 Å². The molecule has 0 aromatic rings. The second-order valence-corrected chi connectivity index (χ2v) is 6.04. The van der Waals surface area contributed by atoms with E-state index in [0.29, 0.717) is 12.0 Å².